The topological polar surface area (TPSA) is 55.1 Å². The fraction of sp³-hybridized carbons (Fsp3) is 0.462. The molecule has 1 aromatic rings. The molecule has 0 radical (unpaired) electrons. The average molecular weight is 238 g/mol. The van der Waals surface area contributed by atoms with Crippen molar-refractivity contribution in [3.05, 3.63) is 35.6 Å². The Labute approximate surface area is 101 Å². The van der Waals surface area contributed by atoms with Gasteiger partial charge in [-0.1, -0.05) is 31.9 Å². The van der Waals surface area contributed by atoms with Crippen molar-refractivity contribution < 1.29 is 9.18 Å². The van der Waals surface area contributed by atoms with Crippen LogP contribution in [0.5, 0.6) is 0 Å². The number of carbonyl (C=O) groups is 1. The molecule has 3 nitrogen and oxygen atoms in total. The lowest BCUT2D eigenvalue weighted by atomic mass is 10.1. The molecular formula is C13H19FN2O. The SMILES string of the molecule is CCCCCN[C@H](C(N)=O)c1ccc(F)cc1. The smallest absolute Gasteiger partial charge is 0.239 e. The zero-order valence-corrected chi connectivity index (χ0v) is 10.1. The molecule has 0 saturated carbocycles. The molecule has 0 aliphatic heterocycles. The van der Waals surface area contributed by atoms with Crippen molar-refractivity contribution in [3.63, 3.8) is 0 Å². The van der Waals surface area contributed by atoms with Gasteiger partial charge in [-0.25, -0.2) is 4.39 Å². The number of nitrogens with one attached hydrogen (secondary N) is 1. The van der Waals surface area contributed by atoms with Crippen molar-refractivity contribution in [3.8, 4) is 0 Å². The highest BCUT2D eigenvalue weighted by atomic mass is 19.1. The van der Waals surface area contributed by atoms with Crippen LogP contribution in [0.3, 0.4) is 0 Å². The summed E-state index contributed by atoms with van der Waals surface area (Å²) in [5.74, 6) is -0.754. The average Bonchev–Trinajstić information content (AvgIpc) is 2.30. The van der Waals surface area contributed by atoms with Gasteiger partial charge in [0.25, 0.3) is 0 Å². The molecule has 0 unspecified atom stereocenters. The molecule has 0 bridgehead atoms. The molecule has 1 amide bonds. The normalized spacial score (nSPS) is 12.4. The summed E-state index contributed by atoms with van der Waals surface area (Å²) in [7, 11) is 0. The molecular weight excluding hydrogens is 219 g/mol. The standard InChI is InChI=1S/C13H19FN2O/c1-2-3-4-9-16-12(13(15)17)10-5-7-11(14)8-6-10/h5-8,12,16H,2-4,9H2,1H3,(H2,15,17)/t12-/m0/s1. The molecule has 0 fully saturated rings. The quantitative estimate of drug-likeness (QED) is 0.715. The summed E-state index contributed by atoms with van der Waals surface area (Å²) < 4.78 is 12.8. The maximum absolute atomic E-state index is 12.8. The van der Waals surface area contributed by atoms with Gasteiger partial charge in [-0.15, -0.1) is 0 Å². The molecule has 0 saturated heterocycles. The molecule has 0 spiro atoms. The van der Waals surface area contributed by atoms with Crippen molar-refractivity contribution in [2.75, 3.05) is 6.54 Å². The summed E-state index contributed by atoms with van der Waals surface area (Å²) in [6.45, 7) is 2.85. The monoisotopic (exact) mass is 238 g/mol. The van der Waals surface area contributed by atoms with E-state index in [9.17, 15) is 9.18 Å². The van der Waals surface area contributed by atoms with Gasteiger partial charge >= 0.3 is 0 Å². The van der Waals surface area contributed by atoms with Gasteiger partial charge in [-0.05, 0) is 30.7 Å². The number of hydrogen-bond acceptors (Lipinski definition) is 2. The van der Waals surface area contributed by atoms with Crippen LogP contribution in [0.15, 0.2) is 24.3 Å². The van der Waals surface area contributed by atoms with Crippen LogP contribution in [-0.4, -0.2) is 12.5 Å². The molecule has 0 aliphatic carbocycles. The fourth-order valence-electron chi connectivity index (χ4n) is 1.66. The minimum absolute atomic E-state index is 0.317. The second-order valence-corrected chi connectivity index (χ2v) is 4.05. The lowest BCUT2D eigenvalue weighted by Gasteiger charge is -2.15. The summed E-state index contributed by atoms with van der Waals surface area (Å²) in [6, 6.07) is 5.29. The van der Waals surface area contributed by atoms with E-state index in [0.717, 1.165) is 25.8 Å². The van der Waals surface area contributed by atoms with Gasteiger partial charge in [0.15, 0.2) is 0 Å². The first-order chi connectivity index (χ1) is 8.15. The van der Waals surface area contributed by atoms with E-state index in [1.807, 2.05) is 0 Å². The largest absolute Gasteiger partial charge is 0.368 e. The number of rotatable bonds is 7. The Kier molecular flexibility index (Phi) is 5.63. The number of benzene rings is 1. The van der Waals surface area contributed by atoms with E-state index >= 15 is 0 Å². The van der Waals surface area contributed by atoms with Crippen LogP contribution in [0, 0.1) is 5.82 Å². The van der Waals surface area contributed by atoms with Crippen LogP contribution in [0.25, 0.3) is 0 Å². The van der Waals surface area contributed by atoms with Crippen LogP contribution >= 0.6 is 0 Å². The lowest BCUT2D eigenvalue weighted by Crippen LogP contribution is -2.34. The van der Waals surface area contributed by atoms with E-state index in [-0.39, 0.29) is 5.82 Å². The van der Waals surface area contributed by atoms with Gasteiger partial charge in [0.05, 0.1) is 0 Å². The first-order valence-corrected chi connectivity index (χ1v) is 5.93. The summed E-state index contributed by atoms with van der Waals surface area (Å²) in [6.07, 6.45) is 3.24. The highest BCUT2D eigenvalue weighted by molar-refractivity contribution is 5.81. The Hall–Kier alpha value is -1.42. The minimum atomic E-state index is -0.535. The maximum Gasteiger partial charge on any atom is 0.239 e. The third kappa shape index (κ3) is 4.53. The molecule has 17 heavy (non-hydrogen) atoms. The molecule has 1 rings (SSSR count). The highest BCUT2D eigenvalue weighted by Gasteiger charge is 2.16. The number of halogens is 1. The van der Waals surface area contributed by atoms with Gasteiger partial charge in [0, 0.05) is 0 Å². The number of carbonyl (C=O) groups excluding carboxylic acids is 1. The molecule has 0 aliphatic rings. The van der Waals surface area contributed by atoms with Gasteiger partial charge in [-0.3, -0.25) is 4.79 Å². The molecule has 0 heterocycles. The van der Waals surface area contributed by atoms with E-state index in [2.05, 4.69) is 12.2 Å². The second kappa shape index (κ2) is 7.01. The molecule has 3 N–H and O–H groups in total. The number of unbranched alkanes of at least 4 members (excludes halogenated alkanes) is 2. The van der Waals surface area contributed by atoms with Crippen molar-refractivity contribution in [1.29, 1.82) is 0 Å². The van der Waals surface area contributed by atoms with E-state index in [4.69, 9.17) is 5.73 Å². The van der Waals surface area contributed by atoms with E-state index in [0.29, 0.717) is 5.56 Å². The molecule has 0 aromatic heterocycles. The summed E-state index contributed by atoms with van der Waals surface area (Å²) in [5, 5.41) is 3.09. The Morgan fingerprint density at radius 1 is 1.35 bits per heavy atom. The molecule has 94 valence electrons. The number of nitrogens with two attached hydrogens (primary N) is 1. The van der Waals surface area contributed by atoms with Gasteiger partial charge < -0.3 is 11.1 Å². The van der Waals surface area contributed by atoms with Crippen LogP contribution in [-0.2, 0) is 4.79 Å². The van der Waals surface area contributed by atoms with Crippen LogP contribution < -0.4 is 11.1 Å². The van der Waals surface area contributed by atoms with Crippen molar-refractivity contribution in [2.45, 2.75) is 32.2 Å². The predicted octanol–water partition coefficient (Wildman–Crippen LogP) is 2.13. The first kappa shape index (κ1) is 13.6. The fourth-order valence-corrected chi connectivity index (χ4v) is 1.66. The highest BCUT2D eigenvalue weighted by Crippen LogP contribution is 2.13. The predicted molar refractivity (Wildman–Crippen MR) is 65.9 cm³/mol. The summed E-state index contributed by atoms with van der Waals surface area (Å²) in [5.41, 5.74) is 6.03. The second-order valence-electron chi connectivity index (χ2n) is 4.05. The number of primary amides is 1. The van der Waals surface area contributed by atoms with Gasteiger partial charge in [0.1, 0.15) is 11.9 Å². The maximum atomic E-state index is 12.8. The molecule has 1 atom stereocenters. The first-order valence-electron chi connectivity index (χ1n) is 5.93. The van der Waals surface area contributed by atoms with Crippen LogP contribution in [0.1, 0.15) is 37.8 Å². The van der Waals surface area contributed by atoms with E-state index in [1.165, 1.54) is 12.1 Å². The molecule has 1 aromatic carbocycles. The van der Waals surface area contributed by atoms with Crippen molar-refractivity contribution >= 4 is 5.91 Å². The van der Waals surface area contributed by atoms with Crippen LogP contribution in [0.2, 0.25) is 0 Å². The Balaban J connectivity index is 2.59. The van der Waals surface area contributed by atoms with Crippen molar-refractivity contribution in [1.82, 2.24) is 5.32 Å². The lowest BCUT2D eigenvalue weighted by molar-refractivity contribution is -0.120. The number of hydrogen-bond donors (Lipinski definition) is 2. The third-order valence-electron chi connectivity index (χ3n) is 2.62. The summed E-state index contributed by atoms with van der Waals surface area (Å²) >= 11 is 0. The van der Waals surface area contributed by atoms with Gasteiger partial charge in [0.2, 0.25) is 5.91 Å². The van der Waals surface area contributed by atoms with E-state index in [1.54, 1.807) is 12.1 Å². The Morgan fingerprint density at radius 2 is 2.00 bits per heavy atom. The van der Waals surface area contributed by atoms with Crippen molar-refractivity contribution in [2.24, 2.45) is 5.73 Å². The van der Waals surface area contributed by atoms with Gasteiger partial charge in [-0.2, -0.15) is 0 Å². The Morgan fingerprint density at radius 3 is 2.53 bits per heavy atom. The third-order valence-corrected chi connectivity index (χ3v) is 2.62. The Bertz CT molecular complexity index is 351. The minimum Gasteiger partial charge on any atom is -0.368 e. The number of amides is 1. The zero-order chi connectivity index (χ0) is 12.7. The molecule has 4 heteroatoms. The zero-order valence-electron chi connectivity index (χ0n) is 10.1. The van der Waals surface area contributed by atoms with E-state index < -0.39 is 11.9 Å². The van der Waals surface area contributed by atoms with Crippen LogP contribution in [0.4, 0.5) is 4.39 Å². The summed E-state index contributed by atoms with van der Waals surface area (Å²) in [4.78, 5) is 11.3.